The van der Waals surface area contributed by atoms with E-state index >= 15 is 0 Å². The molecule has 0 saturated heterocycles. The second-order valence-corrected chi connectivity index (χ2v) is 5.24. The zero-order valence-corrected chi connectivity index (χ0v) is 12.3. The summed E-state index contributed by atoms with van der Waals surface area (Å²) in [5, 5.41) is 0. The van der Waals surface area contributed by atoms with Gasteiger partial charge in [0.1, 0.15) is 12.4 Å². The molecule has 0 aliphatic rings. The van der Waals surface area contributed by atoms with Crippen LogP contribution in [-0.2, 0) is 13.0 Å². The molecule has 0 aliphatic carbocycles. The van der Waals surface area contributed by atoms with E-state index in [-0.39, 0.29) is 6.04 Å². The highest BCUT2D eigenvalue weighted by molar-refractivity contribution is 5.35. The van der Waals surface area contributed by atoms with Gasteiger partial charge in [-0.25, -0.2) is 0 Å². The lowest BCUT2D eigenvalue weighted by molar-refractivity contribution is 0.306. The van der Waals surface area contributed by atoms with Gasteiger partial charge in [0.25, 0.3) is 0 Å². The molecule has 20 heavy (non-hydrogen) atoms. The van der Waals surface area contributed by atoms with Crippen molar-refractivity contribution in [3.63, 3.8) is 0 Å². The molecule has 0 saturated carbocycles. The van der Waals surface area contributed by atoms with E-state index in [1.165, 1.54) is 16.7 Å². The van der Waals surface area contributed by atoms with Crippen LogP contribution >= 0.6 is 0 Å². The molecule has 106 valence electrons. The van der Waals surface area contributed by atoms with Gasteiger partial charge in [0, 0.05) is 6.04 Å². The van der Waals surface area contributed by atoms with Gasteiger partial charge in [0.05, 0.1) is 0 Å². The molecule has 2 N–H and O–H groups in total. The number of aryl methyl sites for hydroxylation is 1. The zero-order valence-electron chi connectivity index (χ0n) is 12.3. The van der Waals surface area contributed by atoms with Crippen LogP contribution in [0.2, 0.25) is 0 Å². The predicted molar refractivity (Wildman–Crippen MR) is 83.9 cm³/mol. The van der Waals surface area contributed by atoms with Crippen molar-refractivity contribution in [2.45, 2.75) is 39.3 Å². The van der Waals surface area contributed by atoms with E-state index in [2.05, 4.69) is 38.1 Å². The van der Waals surface area contributed by atoms with Crippen LogP contribution in [0.4, 0.5) is 0 Å². The Morgan fingerprint density at radius 3 is 2.50 bits per heavy atom. The molecule has 0 aromatic heterocycles. The lowest BCUT2D eigenvalue weighted by Crippen LogP contribution is -2.21. The summed E-state index contributed by atoms with van der Waals surface area (Å²) >= 11 is 0. The second kappa shape index (κ2) is 7.11. The van der Waals surface area contributed by atoms with Crippen LogP contribution in [0.1, 0.15) is 30.0 Å². The van der Waals surface area contributed by atoms with Crippen molar-refractivity contribution >= 4 is 0 Å². The Bertz CT molecular complexity index is 536. The Morgan fingerprint density at radius 2 is 1.85 bits per heavy atom. The largest absolute Gasteiger partial charge is 0.489 e. The average molecular weight is 269 g/mol. The van der Waals surface area contributed by atoms with Crippen molar-refractivity contribution in [3.8, 4) is 5.75 Å². The molecule has 0 heterocycles. The third-order valence-electron chi connectivity index (χ3n) is 3.57. The summed E-state index contributed by atoms with van der Waals surface area (Å²) in [6, 6.07) is 16.7. The van der Waals surface area contributed by atoms with Crippen LogP contribution in [0.15, 0.2) is 48.5 Å². The van der Waals surface area contributed by atoms with Crippen LogP contribution in [0.5, 0.6) is 5.75 Å². The summed E-state index contributed by atoms with van der Waals surface area (Å²) in [5.74, 6) is 0.917. The van der Waals surface area contributed by atoms with Gasteiger partial charge in [-0.3, -0.25) is 0 Å². The summed E-state index contributed by atoms with van der Waals surface area (Å²) in [4.78, 5) is 0. The Morgan fingerprint density at radius 1 is 1.10 bits per heavy atom. The maximum atomic E-state index is 6.02. The SMILES string of the molecule is CCC(N)Cc1ccc(OCc2ccccc2)cc1C. The number of hydrogen-bond donors (Lipinski definition) is 1. The van der Waals surface area contributed by atoms with Crippen LogP contribution in [0, 0.1) is 6.92 Å². The van der Waals surface area contributed by atoms with Gasteiger partial charge in [-0.2, -0.15) is 0 Å². The number of benzene rings is 2. The van der Waals surface area contributed by atoms with Crippen molar-refractivity contribution < 1.29 is 4.74 Å². The first kappa shape index (κ1) is 14.6. The van der Waals surface area contributed by atoms with E-state index in [0.717, 1.165) is 18.6 Å². The average Bonchev–Trinajstić information content (AvgIpc) is 2.48. The van der Waals surface area contributed by atoms with Crippen molar-refractivity contribution in [2.75, 3.05) is 0 Å². The fourth-order valence-corrected chi connectivity index (χ4v) is 2.15. The Labute approximate surface area is 121 Å². The topological polar surface area (TPSA) is 35.2 Å². The third kappa shape index (κ3) is 4.10. The zero-order chi connectivity index (χ0) is 14.4. The molecule has 0 aliphatic heterocycles. The van der Waals surface area contributed by atoms with Crippen LogP contribution < -0.4 is 10.5 Å². The van der Waals surface area contributed by atoms with Crippen molar-refractivity contribution in [2.24, 2.45) is 5.73 Å². The molecule has 2 heteroatoms. The number of nitrogens with two attached hydrogens (primary N) is 1. The minimum Gasteiger partial charge on any atom is -0.489 e. The minimum absolute atomic E-state index is 0.241. The van der Waals surface area contributed by atoms with Gasteiger partial charge in [-0.05, 0) is 48.6 Å². The maximum Gasteiger partial charge on any atom is 0.120 e. The molecule has 1 unspecified atom stereocenters. The fourth-order valence-electron chi connectivity index (χ4n) is 2.15. The molecule has 2 nitrogen and oxygen atoms in total. The first-order valence-corrected chi connectivity index (χ1v) is 7.21. The summed E-state index contributed by atoms with van der Waals surface area (Å²) in [6.45, 7) is 4.85. The van der Waals surface area contributed by atoms with Crippen molar-refractivity contribution in [3.05, 3.63) is 65.2 Å². The molecule has 1 atom stereocenters. The lowest BCUT2D eigenvalue weighted by atomic mass is 10.00. The fraction of sp³-hybridized carbons (Fsp3) is 0.333. The van der Waals surface area contributed by atoms with Gasteiger partial charge in [-0.1, -0.05) is 43.3 Å². The molecule has 2 rings (SSSR count). The van der Waals surface area contributed by atoms with Crippen LogP contribution in [0.25, 0.3) is 0 Å². The third-order valence-corrected chi connectivity index (χ3v) is 3.57. The lowest BCUT2D eigenvalue weighted by Gasteiger charge is -2.13. The molecular weight excluding hydrogens is 246 g/mol. The second-order valence-electron chi connectivity index (χ2n) is 5.24. The highest BCUT2D eigenvalue weighted by atomic mass is 16.5. The molecule has 0 bridgehead atoms. The first-order valence-electron chi connectivity index (χ1n) is 7.21. The van der Waals surface area contributed by atoms with Crippen LogP contribution in [0.3, 0.4) is 0 Å². The predicted octanol–water partition coefficient (Wildman–Crippen LogP) is 3.85. The van der Waals surface area contributed by atoms with Gasteiger partial charge >= 0.3 is 0 Å². The van der Waals surface area contributed by atoms with E-state index in [4.69, 9.17) is 10.5 Å². The standard InChI is InChI=1S/C18H23NO/c1-3-17(19)12-16-9-10-18(11-14(16)2)20-13-15-7-5-4-6-8-15/h4-11,17H,3,12-13,19H2,1-2H3. The Balaban J connectivity index is 1.98. The molecule has 0 spiro atoms. The Kier molecular flexibility index (Phi) is 5.19. The molecule has 2 aromatic carbocycles. The van der Waals surface area contributed by atoms with Gasteiger partial charge in [0.15, 0.2) is 0 Å². The van der Waals surface area contributed by atoms with Crippen molar-refractivity contribution in [1.29, 1.82) is 0 Å². The van der Waals surface area contributed by atoms with Gasteiger partial charge in [0.2, 0.25) is 0 Å². The molecule has 2 aromatic rings. The Hall–Kier alpha value is -1.80. The number of hydrogen-bond acceptors (Lipinski definition) is 2. The maximum absolute atomic E-state index is 6.02. The summed E-state index contributed by atoms with van der Waals surface area (Å²) in [6.07, 6.45) is 1.94. The normalized spacial score (nSPS) is 12.2. The van der Waals surface area contributed by atoms with E-state index in [9.17, 15) is 0 Å². The summed E-state index contributed by atoms with van der Waals surface area (Å²) in [5.41, 5.74) is 9.76. The van der Waals surface area contributed by atoms with E-state index in [1.807, 2.05) is 24.3 Å². The van der Waals surface area contributed by atoms with Gasteiger partial charge < -0.3 is 10.5 Å². The van der Waals surface area contributed by atoms with E-state index in [0.29, 0.717) is 6.61 Å². The summed E-state index contributed by atoms with van der Waals surface area (Å²) in [7, 11) is 0. The van der Waals surface area contributed by atoms with Gasteiger partial charge in [-0.15, -0.1) is 0 Å². The monoisotopic (exact) mass is 269 g/mol. The minimum atomic E-state index is 0.241. The molecular formula is C18H23NO. The van der Waals surface area contributed by atoms with Crippen molar-refractivity contribution in [1.82, 2.24) is 0 Å². The molecule has 0 amide bonds. The van der Waals surface area contributed by atoms with E-state index < -0.39 is 0 Å². The molecule has 0 radical (unpaired) electrons. The highest BCUT2D eigenvalue weighted by Crippen LogP contribution is 2.19. The number of rotatable bonds is 6. The van der Waals surface area contributed by atoms with Crippen LogP contribution in [-0.4, -0.2) is 6.04 Å². The summed E-state index contributed by atoms with van der Waals surface area (Å²) < 4.78 is 5.83. The highest BCUT2D eigenvalue weighted by Gasteiger charge is 2.05. The molecule has 0 fully saturated rings. The first-order chi connectivity index (χ1) is 9.69. The van der Waals surface area contributed by atoms with E-state index in [1.54, 1.807) is 0 Å². The quantitative estimate of drug-likeness (QED) is 0.864. The smallest absolute Gasteiger partial charge is 0.120 e. The number of ether oxygens (including phenoxy) is 1.